The zero-order chi connectivity index (χ0) is 12.6. The maximum absolute atomic E-state index is 8.43. The van der Waals surface area contributed by atoms with Gasteiger partial charge < -0.3 is 10.1 Å². The molecule has 0 saturated heterocycles. The van der Waals surface area contributed by atoms with E-state index in [9.17, 15) is 0 Å². The molecule has 1 fully saturated rings. The van der Waals surface area contributed by atoms with Crippen LogP contribution in [0, 0.1) is 11.3 Å². The van der Waals surface area contributed by atoms with Gasteiger partial charge in [0.2, 0.25) is 0 Å². The number of nitrogens with one attached hydrogen (secondary N) is 1. The Morgan fingerprint density at radius 3 is 2.56 bits per heavy atom. The summed E-state index contributed by atoms with van der Waals surface area (Å²) in [6.07, 6.45) is 6.73. The molecule has 0 heterocycles. The van der Waals surface area contributed by atoms with E-state index in [4.69, 9.17) is 10.00 Å². The summed E-state index contributed by atoms with van der Waals surface area (Å²) < 4.78 is 5.22. The molecule has 2 rings (SSSR count). The summed E-state index contributed by atoms with van der Waals surface area (Å²) >= 11 is 0. The summed E-state index contributed by atoms with van der Waals surface area (Å²) in [7, 11) is 0. The molecule has 0 aromatic heterocycles. The van der Waals surface area contributed by atoms with Gasteiger partial charge in [-0.3, -0.25) is 0 Å². The Morgan fingerprint density at radius 1 is 1.17 bits per heavy atom. The SMILES string of the molecule is N#CCOc1ccc(CNC2CCCCC2)cc1. The molecule has 18 heavy (non-hydrogen) atoms. The lowest BCUT2D eigenvalue weighted by molar-refractivity contribution is 0.366. The third-order valence-corrected chi connectivity index (χ3v) is 3.43. The summed E-state index contributed by atoms with van der Waals surface area (Å²) in [5.74, 6) is 0.762. The van der Waals surface area contributed by atoms with Gasteiger partial charge in [0.25, 0.3) is 0 Å². The van der Waals surface area contributed by atoms with Crippen LogP contribution in [-0.4, -0.2) is 12.6 Å². The zero-order valence-electron chi connectivity index (χ0n) is 10.7. The van der Waals surface area contributed by atoms with E-state index in [-0.39, 0.29) is 6.61 Å². The highest BCUT2D eigenvalue weighted by Gasteiger charge is 2.12. The van der Waals surface area contributed by atoms with Crippen molar-refractivity contribution in [3.8, 4) is 11.8 Å². The van der Waals surface area contributed by atoms with E-state index in [2.05, 4.69) is 17.4 Å². The van der Waals surface area contributed by atoms with Crippen molar-refractivity contribution < 1.29 is 4.74 Å². The molecule has 0 aliphatic heterocycles. The predicted octanol–water partition coefficient (Wildman–Crippen LogP) is 3.01. The van der Waals surface area contributed by atoms with Crippen molar-refractivity contribution in [1.82, 2.24) is 5.32 Å². The van der Waals surface area contributed by atoms with Crippen LogP contribution in [0.2, 0.25) is 0 Å². The maximum Gasteiger partial charge on any atom is 0.174 e. The van der Waals surface area contributed by atoms with Gasteiger partial charge in [-0.2, -0.15) is 5.26 Å². The first-order chi connectivity index (χ1) is 8.88. The second kappa shape index (κ2) is 7.03. The van der Waals surface area contributed by atoms with Crippen LogP contribution in [0.25, 0.3) is 0 Å². The van der Waals surface area contributed by atoms with Crippen molar-refractivity contribution in [1.29, 1.82) is 5.26 Å². The monoisotopic (exact) mass is 244 g/mol. The molecule has 1 aliphatic rings. The minimum absolute atomic E-state index is 0.111. The van der Waals surface area contributed by atoms with Crippen LogP contribution in [0.4, 0.5) is 0 Å². The van der Waals surface area contributed by atoms with Gasteiger partial charge in [-0.05, 0) is 30.5 Å². The third kappa shape index (κ3) is 4.05. The Hall–Kier alpha value is -1.53. The van der Waals surface area contributed by atoms with Crippen LogP contribution >= 0.6 is 0 Å². The molecule has 0 unspecified atom stereocenters. The van der Waals surface area contributed by atoms with E-state index in [1.54, 1.807) is 0 Å². The third-order valence-electron chi connectivity index (χ3n) is 3.43. The summed E-state index contributed by atoms with van der Waals surface area (Å²) in [6.45, 7) is 1.03. The molecular weight excluding hydrogens is 224 g/mol. The normalized spacial score (nSPS) is 16.2. The minimum atomic E-state index is 0.111. The minimum Gasteiger partial charge on any atom is -0.479 e. The van der Waals surface area contributed by atoms with Crippen molar-refractivity contribution in [2.24, 2.45) is 0 Å². The van der Waals surface area contributed by atoms with Crippen LogP contribution in [0.5, 0.6) is 5.75 Å². The van der Waals surface area contributed by atoms with Gasteiger partial charge in [-0.25, -0.2) is 0 Å². The first-order valence-corrected chi connectivity index (χ1v) is 6.70. The molecule has 1 aromatic rings. The lowest BCUT2D eigenvalue weighted by Crippen LogP contribution is -2.30. The number of nitriles is 1. The molecule has 1 aliphatic carbocycles. The summed E-state index contributed by atoms with van der Waals surface area (Å²) in [5, 5.41) is 12.0. The van der Waals surface area contributed by atoms with Crippen molar-refractivity contribution in [2.75, 3.05) is 6.61 Å². The molecule has 0 spiro atoms. The van der Waals surface area contributed by atoms with Gasteiger partial charge in [0.1, 0.15) is 11.8 Å². The molecule has 0 radical (unpaired) electrons. The van der Waals surface area contributed by atoms with E-state index in [1.165, 1.54) is 37.7 Å². The summed E-state index contributed by atoms with van der Waals surface area (Å²) in [4.78, 5) is 0. The highest BCUT2D eigenvalue weighted by molar-refractivity contribution is 5.27. The Labute approximate surface area is 109 Å². The standard InChI is InChI=1S/C15H20N2O/c16-10-11-18-15-8-6-13(7-9-15)12-17-14-4-2-1-3-5-14/h6-9,14,17H,1-5,11-12H2. The lowest BCUT2D eigenvalue weighted by Gasteiger charge is -2.22. The maximum atomic E-state index is 8.43. The Bertz CT molecular complexity index is 388. The van der Waals surface area contributed by atoms with Gasteiger partial charge in [-0.1, -0.05) is 31.4 Å². The molecule has 0 amide bonds. The number of benzene rings is 1. The molecule has 0 bridgehead atoms. The second-order valence-electron chi connectivity index (χ2n) is 4.81. The van der Waals surface area contributed by atoms with Gasteiger partial charge in [-0.15, -0.1) is 0 Å². The first kappa shape index (κ1) is 12.9. The average molecular weight is 244 g/mol. The van der Waals surface area contributed by atoms with Crippen LogP contribution in [0.1, 0.15) is 37.7 Å². The van der Waals surface area contributed by atoms with Crippen LogP contribution < -0.4 is 10.1 Å². The van der Waals surface area contributed by atoms with Crippen LogP contribution in [-0.2, 0) is 6.54 Å². The highest BCUT2D eigenvalue weighted by atomic mass is 16.5. The number of hydrogen-bond acceptors (Lipinski definition) is 3. The fraction of sp³-hybridized carbons (Fsp3) is 0.533. The van der Waals surface area contributed by atoms with Gasteiger partial charge in [0, 0.05) is 12.6 Å². The quantitative estimate of drug-likeness (QED) is 0.866. The smallest absolute Gasteiger partial charge is 0.174 e. The second-order valence-corrected chi connectivity index (χ2v) is 4.81. The van der Waals surface area contributed by atoms with E-state index < -0.39 is 0 Å². The topological polar surface area (TPSA) is 45.0 Å². The van der Waals surface area contributed by atoms with E-state index in [0.717, 1.165) is 12.3 Å². The molecular formula is C15H20N2O. The molecule has 3 heteroatoms. The summed E-state index contributed by atoms with van der Waals surface area (Å²) in [6, 6.07) is 10.6. The van der Waals surface area contributed by atoms with Gasteiger partial charge in [0.05, 0.1) is 0 Å². The van der Waals surface area contributed by atoms with Gasteiger partial charge >= 0.3 is 0 Å². The zero-order valence-corrected chi connectivity index (χ0v) is 10.7. The van der Waals surface area contributed by atoms with E-state index in [1.807, 2.05) is 18.2 Å². The van der Waals surface area contributed by atoms with Crippen molar-refractivity contribution in [3.63, 3.8) is 0 Å². The number of hydrogen-bond donors (Lipinski definition) is 1. The number of nitrogens with zero attached hydrogens (tertiary/aromatic N) is 1. The number of rotatable bonds is 5. The van der Waals surface area contributed by atoms with Crippen LogP contribution in [0.3, 0.4) is 0 Å². The average Bonchev–Trinajstić information content (AvgIpc) is 2.45. The van der Waals surface area contributed by atoms with E-state index >= 15 is 0 Å². The molecule has 3 nitrogen and oxygen atoms in total. The highest BCUT2D eigenvalue weighted by Crippen LogP contribution is 2.18. The van der Waals surface area contributed by atoms with Crippen molar-refractivity contribution >= 4 is 0 Å². The van der Waals surface area contributed by atoms with Crippen LogP contribution in [0.15, 0.2) is 24.3 Å². The van der Waals surface area contributed by atoms with Crippen molar-refractivity contribution in [3.05, 3.63) is 29.8 Å². The Morgan fingerprint density at radius 2 is 1.89 bits per heavy atom. The molecule has 1 N–H and O–H groups in total. The number of ether oxygens (including phenoxy) is 1. The summed E-state index contributed by atoms with van der Waals surface area (Å²) in [5.41, 5.74) is 1.27. The van der Waals surface area contributed by atoms with Gasteiger partial charge in [0.15, 0.2) is 6.61 Å². The molecule has 96 valence electrons. The fourth-order valence-electron chi connectivity index (χ4n) is 2.39. The van der Waals surface area contributed by atoms with Crippen molar-refractivity contribution in [2.45, 2.75) is 44.7 Å². The lowest BCUT2D eigenvalue weighted by atomic mass is 9.95. The Balaban J connectivity index is 1.77. The largest absolute Gasteiger partial charge is 0.479 e. The Kier molecular flexibility index (Phi) is 5.04. The molecule has 1 saturated carbocycles. The first-order valence-electron chi connectivity index (χ1n) is 6.70. The predicted molar refractivity (Wildman–Crippen MR) is 71.3 cm³/mol. The molecule has 0 atom stereocenters. The fourth-order valence-corrected chi connectivity index (χ4v) is 2.39. The molecule has 1 aromatic carbocycles. The van der Waals surface area contributed by atoms with E-state index in [0.29, 0.717) is 6.04 Å².